The Morgan fingerprint density at radius 1 is 1.40 bits per heavy atom. The minimum absolute atomic E-state index is 0.240. The van der Waals surface area contributed by atoms with E-state index < -0.39 is 0 Å². The van der Waals surface area contributed by atoms with Gasteiger partial charge in [0, 0.05) is 18.8 Å². The first-order valence-corrected chi connectivity index (χ1v) is 7.83. The first kappa shape index (κ1) is 16.6. The van der Waals surface area contributed by atoms with Gasteiger partial charge in [-0.2, -0.15) is 0 Å². The molecule has 0 saturated heterocycles. The van der Waals surface area contributed by atoms with Crippen LogP contribution in [0.4, 0.5) is 0 Å². The molecule has 0 saturated carbocycles. The number of fused-ring (bicyclic) bond motifs is 1. The molecule has 1 aliphatic heterocycles. The van der Waals surface area contributed by atoms with Crippen LogP contribution in [0.5, 0.6) is 0 Å². The van der Waals surface area contributed by atoms with E-state index in [9.17, 15) is 0 Å². The van der Waals surface area contributed by atoms with Crippen molar-refractivity contribution in [2.24, 2.45) is 4.99 Å². The predicted molar refractivity (Wildman–Crippen MR) is 92.4 cm³/mol. The van der Waals surface area contributed by atoms with E-state index >= 15 is 0 Å². The molecule has 20 heavy (non-hydrogen) atoms. The maximum Gasteiger partial charge on any atom is 0.166 e. The highest BCUT2D eigenvalue weighted by Gasteiger charge is 2.19. The van der Waals surface area contributed by atoms with Gasteiger partial charge in [-0.25, -0.2) is 0 Å². The molecule has 110 valence electrons. The first-order chi connectivity index (χ1) is 9.79. The monoisotopic (exact) mass is 291 g/mol. The summed E-state index contributed by atoms with van der Waals surface area (Å²) < 4.78 is 0. The molecule has 0 aromatic carbocycles. The SMILES string of the molecule is CC.CCCNC(=S)NC1C=CC=C2C=CC=NC2C1. The summed E-state index contributed by atoms with van der Waals surface area (Å²) in [5, 5.41) is 7.25. The Morgan fingerprint density at radius 2 is 2.20 bits per heavy atom. The van der Waals surface area contributed by atoms with E-state index in [0.29, 0.717) is 0 Å². The smallest absolute Gasteiger partial charge is 0.166 e. The van der Waals surface area contributed by atoms with E-state index in [-0.39, 0.29) is 12.1 Å². The molecule has 0 spiro atoms. The summed E-state index contributed by atoms with van der Waals surface area (Å²) >= 11 is 5.27. The normalized spacial score (nSPS) is 22.9. The van der Waals surface area contributed by atoms with E-state index in [4.69, 9.17) is 12.2 Å². The van der Waals surface area contributed by atoms with Gasteiger partial charge >= 0.3 is 0 Å². The average Bonchev–Trinajstić information content (AvgIpc) is 2.68. The molecule has 0 fully saturated rings. The van der Waals surface area contributed by atoms with E-state index in [1.165, 1.54) is 5.57 Å². The van der Waals surface area contributed by atoms with E-state index in [2.05, 4.69) is 46.9 Å². The highest BCUT2D eigenvalue weighted by atomic mass is 32.1. The Morgan fingerprint density at radius 3 is 2.95 bits per heavy atom. The van der Waals surface area contributed by atoms with Crippen LogP contribution in [0.2, 0.25) is 0 Å². The second-order valence-electron chi connectivity index (χ2n) is 4.47. The fraction of sp³-hybridized carbons (Fsp3) is 0.500. The summed E-state index contributed by atoms with van der Waals surface area (Å²) in [6.07, 6.45) is 14.4. The number of allylic oxidation sites excluding steroid dienone is 3. The molecule has 0 radical (unpaired) electrons. The summed E-state index contributed by atoms with van der Waals surface area (Å²) in [5.74, 6) is 0. The Kier molecular flexibility index (Phi) is 7.88. The van der Waals surface area contributed by atoms with Crippen LogP contribution >= 0.6 is 12.2 Å². The second kappa shape index (κ2) is 9.48. The third kappa shape index (κ3) is 5.29. The lowest BCUT2D eigenvalue weighted by Crippen LogP contribution is -2.42. The third-order valence-electron chi connectivity index (χ3n) is 2.99. The number of thiocarbonyl (C=S) groups is 1. The van der Waals surface area contributed by atoms with Crippen molar-refractivity contribution >= 4 is 23.5 Å². The maximum absolute atomic E-state index is 5.27. The van der Waals surface area contributed by atoms with Crippen molar-refractivity contribution in [3.8, 4) is 0 Å². The van der Waals surface area contributed by atoms with Gasteiger partial charge in [0.25, 0.3) is 0 Å². The largest absolute Gasteiger partial charge is 0.363 e. The minimum Gasteiger partial charge on any atom is -0.363 e. The van der Waals surface area contributed by atoms with Gasteiger partial charge in [0.05, 0.1) is 6.04 Å². The molecular formula is C16H25N3S. The van der Waals surface area contributed by atoms with Crippen LogP contribution in [0.1, 0.15) is 33.6 Å². The molecule has 0 bridgehead atoms. The number of hydrogen-bond acceptors (Lipinski definition) is 2. The lowest BCUT2D eigenvalue weighted by molar-refractivity contribution is 0.599. The van der Waals surface area contributed by atoms with Gasteiger partial charge in [0.2, 0.25) is 0 Å². The Hall–Kier alpha value is -1.42. The number of aliphatic imine (C=N–C) groups is 1. The lowest BCUT2D eigenvalue weighted by atomic mass is 10.00. The molecule has 1 aliphatic carbocycles. The van der Waals surface area contributed by atoms with Gasteiger partial charge < -0.3 is 10.6 Å². The molecule has 0 aromatic rings. The highest BCUT2D eigenvalue weighted by molar-refractivity contribution is 7.80. The Labute approximate surface area is 127 Å². The zero-order chi connectivity index (χ0) is 14.8. The molecule has 2 atom stereocenters. The molecule has 3 nitrogen and oxygen atoms in total. The van der Waals surface area contributed by atoms with Gasteiger partial charge in [0.1, 0.15) is 0 Å². The van der Waals surface area contributed by atoms with Crippen molar-refractivity contribution in [1.29, 1.82) is 0 Å². The van der Waals surface area contributed by atoms with Crippen LogP contribution < -0.4 is 10.6 Å². The fourth-order valence-electron chi connectivity index (χ4n) is 2.05. The van der Waals surface area contributed by atoms with Crippen molar-refractivity contribution in [3.63, 3.8) is 0 Å². The number of hydrogen-bond donors (Lipinski definition) is 2. The van der Waals surface area contributed by atoms with Crippen LogP contribution in [0.15, 0.2) is 40.9 Å². The maximum atomic E-state index is 5.27. The Balaban J connectivity index is 0.000000956. The molecule has 4 heteroatoms. The fourth-order valence-corrected chi connectivity index (χ4v) is 2.31. The molecule has 0 amide bonds. The minimum atomic E-state index is 0.240. The lowest BCUT2D eigenvalue weighted by Gasteiger charge is -2.21. The van der Waals surface area contributed by atoms with Crippen LogP contribution in [0.25, 0.3) is 0 Å². The van der Waals surface area contributed by atoms with Gasteiger partial charge in [-0.05, 0) is 36.7 Å². The summed E-state index contributed by atoms with van der Waals surface area (Å²) in [5.41, 5.74) is 1.27. The molecule has 0 aromatic heterocycles. The number of rotatable bonds is 3. The van der Waals surface area contributed by atoms with Crippen molar-refractivity contribution in [2.45, 2.75) is 45.7 Å². The zero-order valence-electron chi connectivity index (χ0n) is 12.6. The summed E-state index contributed by atoms with van der Waals surface area (Å²) in [7, 11) is 0. The molecule has 2 N–H and O–H groups in total. The van der Waals surface area contributed by atoms with E-state index in [1.807, 2.05) is 26.1 Å². The van der Waals surface area contributed by atoms with Crippen LogP contribution in [-0.2, 0) is 0 Å². The molecule has 2 unspecified atom stereocenters. The van der Waals surface area contributed by atoms with Crippen molar-refractivity contribution < 1.29 is 0 Å². The number of nitrogens with one attached hydrogen (secondary N) is 2. The van der Waals surface area contributed by atoms with Crippen molar-refractivity contribution in [2.75, 3.05) is 6.54 Å². The summed E-state index contributed by atoms with van der Waals surface area (Å²) in [6.45, 7) is 7.04. The quantitative estimate of drug-likeness (QED) is 0.784. The van der Waals surface area contributed by atoms with E-state index in [0.717, 1.165) is 24.5 Å². The topological polar surface area (TPSA) is 36.4 Å². The Bertz CT molecular complexity index is 421. The van der Waals surface area contributed by atoms with Gasteiger partial charge in [-0.3, -0.25) is 4.99 Å². The second-order valence-corrected chi connectivity index (χ2v) is 4.88. The summed E-state index contributed by atoms with van der Waals surface area (Å²) in [6, 6.07) is 0.487. The van der Waals surface area contributed by atoms with Crippen LogP contribution in [0.3, 0.4) is 0 Å². The van der Waals surface area contributed by atoms with Gasteiger partial charge in [-0.1, -0.05) is 45.1 Å². The zero-order valence-corrected chi connectivity index (χ0v) is 13.4. The van der Waals surface area contributed by atoms with Crippen LogP contribution in [0, 0.1) is 0 Å². The van der Waals surface area contributed by atoms with E-state index in [1.54, 1.807) is 0 Å². The standard InChI is InChI=1S/C14H19N3S.C2H6/c1-2-8-16-14(18)17-12-7-3-5-11-6-4-9-15-13(11)10-12;1-2/h3-7,9,12-13H,2,8,10H2,1H3,(H2,16,17,18);1-2H3. The molecule has 2 aliphatic rings. The van der Waals surface area contributed by atoms with Crippen molar-refractivity contribution in [3.05, 3.63) is 36.0 Å². The average molecular weight is 291 g/mol. The molecule has 1 heterocycles. The van der Waals surface area contributed by atoms with Crippen LogP contribution in [-0.4, -0.2) is 30.0 Å². The van der Waals surface area contributed by atoms with Gasteiger partial charge in [-0.15, -0.1) is 0 Å². The third-order valence-corrected chi connectivity index (χ3v) is 3.25. The first-order valence-electron chi connectivity index (χ1n) is 7.42. The predicted octanol–water partition coefficient (Wildman–Crippen LogP) is 3.15. The molecule has 2 rings (SSSR count). The molecular weight excluding hydrogens is 266 g/mol. The summed E-state index contributed by atoms with van der Waals surface area (Å²) in [4.78, 5) is 4.51. The van der Waals surface area contributed by atoms with Gasteiger partial charge in [0.15, 0.2) is 5.11 Å². The van der Waals surface area contributed by atoms with Crippen molar-refractivity contribution in [1.82, 2.24) is 10.6 Å². The number of nitrogens with zero attached hydrogens (tertiary/aromatic N) is 1. The highest BCUT2D eigenvalue weighted by Crippen LogP contribution is 2.20. The number of dihydropyridines is 1.